The van der Waals surface area contributed by atoms with Crippen molar-refractivity contribution < 1.29 is 4.42 Å². The molecule has 0 amide bonds. The second-order valence-electron chi connectivity index (χ2n) is 2.21. The predicted molar refractivity (Wildman–Crippen MR) is 46.3 cm³/mol. The number of hydrogen-bond acceptors (Lipinski definition) is 2. The Morgan fingerprint density at radius 1 is 1.42 bits per heavy atom. The van der Waals surface area contributed by atoms with Crippen molar-refractivity contribution in [1.29, 1.82) is 0 Å². The molecule has 1 N–H and O–H groups in total. The first-order valence-corrected chi connectivity index (χ1v) is 3.97. The lowest BCUT2D eigenvalue weighted by molar-refractivity contribution is 0.570. The van der Waals surface area contributed by atoms with E-state index in [1.54, 1.807) is 12.3 Å². The lowest BCUT2D eigenvalue weighted by atomic mass is 10.2. The topological polar surface area (TPSA) is 41.8 Å². The van der Waals surface area contributed by atoms with Crippen molar-refractivity contribution in [2.75, 3.05) is 0 Å². The number of H-pyrrole nitrogens is 1. The van der Waals surface area contributed by atoms with Gasteiger partial charge in [-0.3, -0.25) is 5.10 Å². The van der Waals surface area contributed by atoms with E-state index < -0.39 is 0 Å². The highest BCUT2D eigenvalue weighted by atomic mass is 35.5. The summed E-state index contributed by atoms with van der Waals surface area (Å²) in [5.74, 6) is 0. The van der Waals surface area contributed by atoms with Gasteiger partial charge in [0.1, 0.15) is 11.3 Å². The third-order valence-corrected chi connectivity index (χ3v) is 2.23. The third kappa shape index (κ3) is 1.11. The molecule has 0 unspecified atom stereocenters. The largest absolute Gasteiger partial charge is 0.451 e. The van der Waals surface area contributed by atoms with Crippen molar-refractivity contribution in [2.45, 2.75) is 0 Å². The minimum absolute atomic E-state index is 0.196. The highest BCUT2D eigenvalue weighted by Gasteiger charge is 2.11. The van der Waals surface area contributed by atoms with Crippen molar-refractivity contribution in [2.24, 2.45) is 0 Å². The average Bonchev–Trinajstić information content (AvgIpc) is 2.64. The highest BCUT2D eigenvalue weighted by Crippen LogP contribution is 2.33. The number of hydrogen-bond donors (Lipinski definition) is 1. The van der Waals surface area contributed by atoms with Crippen LogP contribution in [0.25, 0.3) is 11.3 Å². The van der Waals surface area contributed by atoms with Gasteiger partial charge in [-0.05, 0) is 17.7 Å². The molecule has 0 bridgehead atoms. The maximum absolute atomic E-state index is 5.83. The summed E-state index contributed by atoms with van der Waals surface area (Å²) < 4.78 is 4.90. The van der Waals surface area contributed by atoms with Crippen LogP contribution in [0, 0.1) is 0 Å². The molecule has 2 heterocycles. The average molecular weight is 203 g/mol. The van der Waals surface area contributed by atoms with E-state index in [0.717, 1.165) is 11.3 Å². The SMILES string of the molecule is Clc1occ(-c2ccn[nH]2)c1Cl. The smallest absolute Gasteiger partial charge is 0.212 e. The molecule has 2 rings (SSSR count). The van der Waals surface area contributed by atoms with E-state index in [2.05, 4.69) is 10.2 Å². The maximum Gasteiger partial charge on any atom is 0.212 e. The quantitative estimate of drug-likeness (QED) is 0.773. The van der Waals surface area contributed by atoms with Crippen molar-refractivity contribution in [1.82, 2.24) is 10.2 Å². The second kappa shape index (κ2) is 2.84. The molecule has 62 valence electrons. The van der Waals surface area contributed by atoms with Crippen molar-refractivity contribution in [3.05, 3.63) is 28.8 Å². The van der Waals surface area contributed by atoms with Gasteiger partial charge in [-0.2, -0.15) is 5.10 Å². The molecule has 2 aromatic heterocycles. The van der Waals surface area contributed by atoms with Crippen LogP contribution in [0.3, 0.4) is 0 Å². The Bertz CT molecular complexity index is 380. The summed E-state index contributed by atoms with van der Waals surface area (Å²) in [6.07, 6.45) is 3.12. The molecule has 0 aliphatic carbocycles. The van der Waals surface area contributed by atoms with E-state index in [1.807, 2.05) is 0 Å². The van der Waals surface area contributed by atoms with Gasteiger partial charge < -0.3 is 4.42 Å². The fraction of sp³-hybridized carbons (Fsp3) is 0. The summed E-state index contributed by atoms with van der Waals surface area (Å²) in [5.41, 5.74) is 1.51. The van der Waals surface area contributed by atoms with E-state index in [0.29, 0.717) is 5.02 Å². The van der Waals surface area contributed by atoms with Gasteiger partial charge in [0, 0.05) is 6.20 Å². The van der Waals surface area contributed by atoms with Gasteiger partial charge >= 0.3 is 0 Å². The van der Waals surface area contributed by atoms with Gasteiger partial charge in [0.15, 0.2) is 0 Å². The Kier molecular flexibility index (Phi) is 1.83. The van der Waals surface area contributed by atoms with Crippen LogP contribution in [0.5, 0.6) is 0 Å². The number of nitrogens with one attached hydrogen (secondary N) is 1. The fourth-order valence-electron chi connectivity index (χ4n) is 0.908. The van der Waals surface area contributed by atoms with Gasteiger partial charge in [-0.15, -0.1) is 0 Å². The normalized spacial score (nSPS) is 10.5. The zero-order chi connectivity index (χ0) is 8.55. The minimum atomic E-state index is 0.196. The van der Waals surface area contributed by atoms with Gasteiger partial charge in [0.25, 0.3) is 0 Å². The molecule has 0 aliphatic rings. The fourth-order valence-corrected chi connectivity index (χ4v) is 1.24. The first kappa shape index (κ1) is 7.71. The van der Waals surface area contributed by atoms with Crippen LogP contribution in [-0.4, -0.2) is 10.2 Å². The van der Waals surface area contributed by atoms with Crippen LogP contribution >= 0.6 is 23.2 Å². The highest BCUT2D eigenvalue weighted by molar-refractivity contribution is 6.42. The molecule has 0 atom stereocenters. The number of halogens is 2. The van der Waals surface area contributed by atoms with Crippen LogP contribution in [0.1, 0.15) is 0 Å². The van der Waals surface area contributed by atoms with Crippen molar-refractivity contribution in [3.8, 4) is 11.3 Å². The number of furan rings is 1. The first-order chi connectivity index (χ1) is 5.79. The Balaban J connectivity index is 2.55. The first-order valence-electron chi connectivity index (χ1n) is 3.21. The summed E-state index contributed by atoms with van der Waals surface area (Å²) in [6.45, 7) is 0. The molecule has 3 nitrogen and oxygen atoms in total. The third-order valence-electron chi connectivity index (χ3n) is 1.48. The lowest BCUT2D eigenvalue weighted by Gasteiger charge is -1.89. The van der Waals surface area contributed by atoms with E-state index in [4.69, 9.17) is 27.6 Å². The summed E-state index contributed by atoms with van der Waals surface area (Å²) in [5, 5.41) is 7.13. The van der Waals surface area contributed by atoms with E-state index in [1.165, 1.54) is 6.26 Å². The minimum Gasteiger partial charge on any atom is -0.451 e. The molecule has 2 aromatic rings. The zero-order valence-electron chi connectivity index (χ0n) is 5.84. The van der Waals surface area contributed by atoms with E-state index >= 15 is 0 Å². The Morgan fingerprint density at radius 2 is 2.25 bits per heavy atom. The summed E-state index contributed by atoms with van der Waals surface area (Å²) >= 11 is 11.4. The molecule has 0 aromatic carbocycles. The molecule has 5 heteroatoms. The van der Waals surface area contributed by atoms with Crippen molar-refractivity contribution in [3.63, 3.8) is 0 Å². The molecule has 0 saturated carbocycles. The van der Waals surface area contributed by atoms with Gasteiger partial charge in [0.2, 0.25) is 5.22 Å². The van der Waals surface area contributed by atoms with Crippen LogP contribution in [0.2, 0.25) is 10.2 Å². The maximum atomic E-state index is 5.83. The predicted octanol–water partition coefficient (Wildman–Crippen LogP) is 2.98. The van der Waals surface area contributed by atoms with Crippen molar-refractivity contribution >= 4 is 23.2 Å². The molecule has 12 heavy (non-hydrogen) atoms. The number of aromatic amines is 1. The Labute approximate surface area is 78.3 Å². The van der Waals surface area contributed by atoms with E-state index in [9.17, 15) is 0 Å². The number of aromatic nitrogens is 2. The second-order valence-corrected chi connectivity index (χ2v) is 2.93. The van der Waals surface area contributed by atoms with Gasteiger partial charge in [0.05, 0.1) is 11.3 Å². The van der Waals surface area contributed by atoms with Crippen LogP contribution in [0.4, 0.5) is 0 Å². The molecule has 0 saturated heterocycles. The lowest BCUT2D eigenvalue weighted by Crippen LogP contribution is -1.73. The van der Waals surface area contributed by atoms with Crippen LogP contribution in [-0.2, 0) is 0 Å². The Hall–Kier alpha value is -0.930. The summed E-state index contributed by atoms with van der Waals surface area (Å²) in [7, 11) is 0. The monoisotopic (exact) mass is 202 g/mol. The molecular weight excluding hydrogens is 199 g/mol. The van der Waals surface area contributed by atoms with Gasteiger partial charge in [-0.1, -0.05) is 11.6 Å². The van der Waals surface area contributed by atoms with Gasteiger partial charge in [-0.25, -0.2) is 0 Å². The molecule has 0 fully saturated rings. The van der Waals surface area contributed by atoms with Crippen LogP contribution < -0.4 is 0 Å². The number of rotatable bonds is 1. The van der Waals surface area contributed by atoms with E-state index in [-0.39, 0.29) is 5.22 Å². The Morgan fingerprint density at radius 3 is 2.75 bits per heavy atom. The number of nitrogens with zero attached hydrogens (tertiary/aromatic N) is 1. The molecular formula is C7H4Cl2N2O. The molecule has 0 radical (unpaired) electrons. The summed E-state index contributed by atoms with van der Waals surface area (Å²) in [6, 6.07) is 1.78. The standard InChI is InChI=1S/C7H4Cl2N2O/c8-6-4(3-12-7(6)9)5-1-2-10-11-5/h1-3H,(H,10,11). The zero-order valence-corrected chi connectivity index (χ0v) is 7.36. The molecule has 0 spiro atoms. The molecule has 0 aliphatic heterocycles. The summed E-state index contributed by atoms with van der Waals surface area (Å²) in [4.78, 5) is 0. The van der Waals surface area contributed by atoms with Crippen LogP contribution in [0.15, 0.2) is 22.9 Å².